The minimum atomic E-state index is 0.482. The molecule has 2 aromatic rings. The Morgan fingerprint density at radius 1 is 1.38 bits per heavy atom. The standard InChI is InChI=1S/C19H26N4S/c1-5-20-19(23(4)11-15-12-24-14(3)21-15)22-18-10-17(18)16-9-7-6-8-13(16)2/h6-9,12,17-18H,5,10-11H2,1-4H3,(H,20,22). The second-order valence-electron chi connectivity index (χ2n) is 6.46. The first-order chi connectivity index (χ1) is 11.6. The van der Waals surface area contributed by atoms with E-state index in [-0.39, 0.29) is 0 Å². The van der Waals surface area contributed by atoms with Gasteiger partial charge in [0, 0.05) is 30.9 Å². The first kappa shape index (κ1) is 17.0. The van der Waals surface area contributed by atoms with E-state index in [9.17, 15) is 0 Å². The summed E-state index contributed by atoms with van der Waals surface area (Å²) >= 11 is 1.70. The van der Waals surface area contributed by atoms with Gasteiger partial charge in [-0.25, -0.2) is 4.98 Å². The molecule has 0 radical (unpaired) electrons. The van der Waals surface area contributed by atoms with Crippen LogP contribution in [0.2, 0.25) is 0 Å². The Morgan fingerprint density at radius 2 is 2.17 bits per heavy atom. The van der Waals surface area contributed by atoms with Gasteiger partial charge in [0.2, 0.25) is 0 Å². The van der Waals surface area contributed by atoms with Crippen molar-refractivity contribution in [1.82, 2.24) is 15.2 Å². The Labute approximate surface area is 148 Å². The maximum atomic E-state index is 4.66. The van der Waals surface area contributed by atoms with Crippen molar-refractivity contribution in [1.29, 1.82) is 0 Å². The summed E-state index contributed by atoms with van der Waals surface area (Å²) in [5.41, 5.74) is 3.95. The molecule has 24 heavy (non-hydrogen) atoms. The molecule has 1 aromatic heterocycles. The highest BCUT2D eigenvalue weighted by Crippen LogP contribution is 2.42. The van der Waals surface area contributed by atoms with E-state index in [0.29, 0.717) is 12.0 Å². The highest BCUT2D eigenvalue weighted by molar-refractivity contribution is 7.09. The van der Waals surface area contributed by atoms with E-state index in [4.69, 9.17) is 0 Å². The average Bonchev–Trinajstić information content (AvgIpc) is 3.20. The van der Waals surface area contributed by atoms with Crippen LogP contribution in [-0.2, 0) is 6.54 Å². The summed E-state index contributed by atoms with van der Waals surface area (Å²) in [5.74, 6) is 1.58. The quantitative estimate of drug-likeness (QED) is 0.665. The molecule has 0 spiro atoms. The van der Waals surface area contributed by atoms with Crippen LogP contribution < -0.4 is 5.32 Å². The van der Waals surface area contributed by atoms with Crippen molar-refractivity contribution in [2.45, 2.75) is 45.7 Å². The van der Waals surface area contributed by atoms with Crippen molar-refractivity contribution in [3.8, 4) is 0 Å². The number of nitrogens with zero attached hydrogens (tertiary/aromatic N) is 3. The van der Waals surface area contributed by atoms with Crippen molar-refractivity contribution >= 4 is 17.3 Å². The Bertz CT molecular complexity index is 722. The summed E-state index contributed by atoms with van der Waals surface area (Å²) < 4.78 is 0. The van der Waals surface area contributed by atoms with Crippen LogP contribution in [0.3, 0.4) is 0 Å². The van der Waals surface area contributed by atoms with Gasteiger partial charge in [0.25, 0.3) is 0 Å². The molecular weight excluding hydrogens is 316 g/mol. The molecule has 5 heteroatoms. The van der Waals surface area contributed by atoms with E-state index >= 15 is 0 Å². The van der Waals surface area contributed by atoms with Crippen LogP contribution in [-0.4, -0.2) is 35.5 Å². The molecule has 1 heterocycles. The van der Waals surface area contributed by atoms with E-state index in [2.05, 4.69) is 70.7 Å². The number of nitrogens with one attached hydrogen (secondary N) is 1. The molecule has 128 valence electrons. The van der Waals surface area contributed by atoms with Gasteiger partial charge < -0.3 is 10.2 Å². The molecule has 3 rings (SSSR count). The van der Waals surface area contributed by atoms with Gasteiger partial charge in [-0.3, -0.25) is 4.99 Å². The van der Waals surface area contributed by atoms with Gasteiger partial charge in [0.15, 0.2) is 5.96 Å². The predicted molar refractivity (Wildman–Crippen MR) is 102 cm³/mol. The SMILES string of the molecule is CCN=C(NC1CC1c1ccccc1C)N(C)Cc1csc(C)n1. The van der Waals surface area contributed by atoms with Crippen LogP contribution in [0.15, 0.2) is 34.6 Å². The van der Waals surface area contributed by atoms with Crippen LogP contribution in [0.5, 0.6) is 0 Å². The molecule has 1 saturated carbocycles. The van der Waals surface area contributed by atoms with E-state index in [1.807, 2.05) is 6.92 Å². The fourth-order valence-corrected chi connectivity index (χ4v) is 3.70. The maximum absolute atomic E-state index is 4.66. The van der Waals surface area contributed by atoms with Crippen molar-refractivity contribution in [3.63, 3.8) is 0 Å². The number of thiazole rings is 1. The normalized spacial score (nSPS) is 20.1. The van der Waals surface area contributed by atoms with Crippen molar-refractivity contribution in [3.05, 3.63) is 51.5 Å². The minimum absolute atomic E-state index is 0.482. The van der Waals surface area contributed by atoms with Gasteiger partial charge in [-0.05, 0) is 38.3 Å². The molecule has 1 N–H and O–H groups in total. The molecule has 4 nitrogen and oxygen atoms in total. The molecule has 2 unspecified atom stereocenters. The smallest absolute Gasteiger partial charge is 0.194 e. The fourth-order valence-electron chi connectivity index (χ4n) is 3.09. The highest BCUT2D eigenvalue weighted by atomic mass is 32.1. The first-order valence-electron chi connectivity index (χ1n) is 8.57. The largest absolute Gasteiger partial charge is 0.353 e. The molecule has 1 aliphatic rings. The Kier molecular flexibility index (Phi) is 5.19. The third-order valence-corrected chi connectivity index (χ3v) is 5.25. The summed E-state index contributed by atoms with van der Waals surface area (Å²) in [5, 5.41) is 6.89. The lowest BCUT2D eigenvalue weighted by Crippen LogP contribution is -2.40. The predicted octanol–water partition coefficient (Wildman–Crippen LogP) is 3.71. The molecule has 0 bridgehead atoms. The molecule has 0 saturated heterocycles. The minimum Gasteiger partial charge on any atom is -0.353 e. The summed E-state index contributed by atoms with van der Waals surface area (Å²) in [4.78, 5) is 11.4. The monoisotopic (exact) mass is 342 g/mol. The zero-order chi connectivity index (χ0) is 17.1. The van der Waals surface area contributed by atoms with Crippen LogP contribution in [0, 0.1) is 13.8 Å². The molecule has 0 aliphatic heterocycles. The third kappa shape index (κ3) is 3.96. The molecule has 1 aromatic carbocycles. The second-order valence-corrected chi connectivity index (χ2v) is 7.52. The number of benzene rings is 1. The van der Waals surface area contributed by atoms with Crippen LogP contribution in [0.4, 0.5) is 0 Å². The molecular formula is C19H26N4S. The maximum Gasteiger partial charge on any atom is 0.194 e. The molecule has 2 atom stereocenters. The van der Waals surface area contributed by atoms with Gasteiger partial charge >= 0.3 is 0 Å². The van der Waals surface area contributed by atoms with E-state index in [1.54, 1.807) is 11.3 Å². The van der Waals surface area contributed by atoms with E-state index in [0.717, 1.165) is 29.8 Å². The first-order valence-corrected chi connectivity index (χ1v) is 9.45. The van der Waals surface area contributed by atoms with Gasteiger partial charge in [-0.15, -0.1) is 11.3 Å². The number of aryl methyl sites for hydroxylation is 2. The highest BCUT2D eigenvalue weighted by Gasteiger charge is 2.40. The molecule has 1 fully saturated rings. The van der Waals surface area contributed by atoms with Crippen molar-refractivity contribution in [2.75, 3.05) is 13.6 Å². The number of guanidine groups is 1. The summed E-state index contributed by atoms with van der Waals surface area (Å²) in [6.45, 7) is 7.89. The number of aliphatic imine (C=N–C) groups is 1. The number of hydrogen-bond donors (Lipinski definition) is 1. The summed E-state index contributed by atoms with van der Waals surface area (Å²) in [6, 6.07) is 9.17. The lowest BCUT2D eigenvalue weighted by Gasteiger charge is -2.22. The lowest BCUT2D eigenvalue weighted by atomic mass is 10.0. The van der Waals surface area contributed by atoms with Gasteiger partial charge in [-0.1, -0.05) is 24.3 Å². The van der Waals surface area contributed by atoms with Crippen LogP contribution >= 0.6 is 11.3 Å². The summed E-state index contributed by atoms with van der Waals surface area (Å²) in [6.07, 6.45) is 1.18. The Morgan fingerprint density at radius 3 is 2.83 bits per heavy atom. The number of rotatable bonds is 5. The fraction of sp³-hybridized carbons (Fsp3) is 0.474. The van der Waals surface area contributed by atoms with Crippen LogP contribution in [0.25, 0.3) is 0 Å². The van der Waals surface area contributed by atoms with E-state index < -0.39 is 0 Å². The van der Waals surface area contributed by atoms with Gasteiger partial charge in [0.05, 0.1) is 17.2 Å². The molecule has 0 amide bonds. The number of hydrogen-bond acceptors (Lipinski definition) is 3. The number of aromatic nitrogens is 1. The van der Waals surface area contributed by atoms with E-state index in [1.165, 1.54) is 17.5 Å². The van der Waals surface area contributed by atoms with Gasteiger partial charge in [0.1, 0.15) is 0 Å². The third-order valence-electron chi connectivity index (χ3n) is 4.43. The van der Waals surface area contributed by atoms with Crippen LogP contribution in [0.1, 0.15) is 41.1 Å². The summed E-state index contributed by atoms with van der Waals surface area (Å²) in [7, 11) is 2.08. The lowest BCUT2D eigenvalue weighted by molar-refractivity contribution is 0.468. The average molecular weight is 343 g/mol. The zero-order valence-electron chi connectivity index (χ0n) is 14.9. The molecule has 1 aliphatic carbocycles. The van der Waals surface area contributed by atoms with Crippen molar-refractivity contribution < 1.29 is 0 Å². The van der Waals surface area contributed by atoms with Crippen molar-refractivity contribution in [2.24, 2.45) is 4.99 Å². The Balaban J connectivity index is 1.63. The van der Waals surface area contributed by atoms with Gasteiger partial charge in [-0.2, -0.15) is 0 Å². The topological polar surface area (TPSA) is 40.5 Å². The zero-order valence-corrected chi connectivity index (χ0v) is 15.7. The second kappa shape index (κ2) is 7.34. The Hall–Kier alpha value is -1.88.